The maximum Gasteiger partial charge on any atom is 0.256 e. The number of piperidine rings is 2. The van der Waals surface area contributed by atoms with Gasteiger partial charge in [-0.3, -0.25) is 9.78 Å². The standard InChI is InChI=1S/C23H22ClN5O2/c1-14-9-17(21(28-11-14)22-25-7-2-8-26-22)23(30)29-13-15-3-5-18(29)19(10-15)31-20-6-4-16(24)12-27-20/h2,4,6-9,11-12,15,18-19H,3,5,10,13H2,1H3/t15-,18+,19-/m1/s1. The van der Waals surface area contributed by atoms with E-state index in [9.17, 15) is 4.79 Å². The number of aromatic nitrogens is 4. The van der Waals surface area contributed by atoms with Crippen LogP contribution in [-0.4, -0.2) is 49.4 Å². The minimum absolute atomic E-state index is 0.0139. The zero-order valence-electron chi connectivity index (χ0n) is 17.1. The summed E-state index contributed by atoms with van der Waals surface area (Å²) in [5, 5.41) is 0.567. The molecule has 0 spiro atoms. The van der Waals surface area contributed by atoms with Gasteiger partial charge in [-0.25, -0.2) is 15.0 Å². The Morgan fingerprint density at radius 1 is 1.13 bits per heavy atom. The highest BCUT2D eigenvalue weighted by Gasteiger charge is 2.45. The van der Waals surface area contributed by atoms with Crippen LogP contribution >= 0.6 is 11.6 Å². The van der Waals surface area contributed by atoms with Crippen LogP contribution in [0, 0.1) is 12.8 Å². The average Bonchev–Trinajstić information content (AvgIpc) is 2.81. The number of carbonyl (C=O) groups is 1. The summed E-state index contributed by atoms with van der Waals surface area (Å²) in [5.41, 5.74) is 1.96. The topological polar surface area (TPSA) is 81.1 Å². The third-order valence-corrected chi connectivity index (χ3v) is 6.21. The summed E-state index contributed by atoms with van der Waals surface area (Å²) in [6.45, 7) is 2.65. The minimum Gasteiger partial charge on any atom is -0.472 e. The van der Waals surface area contributed by atoms with Gasteiger partial charge in [-0.2, -0.15) is 0 Å². The molecule has 31 heavy (non-hydrogen) atoms. The third-order valence-electron chi connectivity index (χ3n) is 5.99. The van der Waals surface area contributed by atoms with Crippen molar-refractivity contribution in [1.29, 1.82) is 0 Å². The van der Waals surface area contributed by atoms with Gasteiger partial charge in [0.15, 0.2) is 5.82 Å². The number of carbonyl (C=O) groups excluding carboxylic acids is 1. The molecular formula is C23H22ClN5O2. The van der Waals surface area contributed by atoms with Gasteiger partial charge in [0.1, 0.15) is 11.8 Å². The van der Waals surface area contributed by atoms with Crippen molar-refractivity contribution < 1.29 is 9.53 Å². The van der Waals surface area contributed by atoms with E-state index in [0.717, 1.165) is 31.4 Å². The molecule has 5 heterocycles. The molecule has 8 heteroatoms. The number of fused-ring (bicyclic) bond motifs is 3. The molecule has 2 saturated heterocycles. The summed E-state index contributed by atoms with van der Waals surface area (Å²) in [6, 6.07) is 7.14. The van der Waals surface area contributed by atoms with E-state index in [-0.39, 0.29) is 18.1 Å². The van der Waals surface area contributed by atoms with E-state index in [1.807, 2.05) is 17.9 Å². The van der Waals surface area contributed by atoms with E-state index in [1.54, 1.807) is 43.0 Å². The van der Waals surface area contributed by atoms with Gasteiger partial charge >= 0.3 is 0 Å². The fourth-order valence-corrected chi connectivity index (χ4v) is 4.68. The lowest BCUT2D eigenvalue weighted by Gasteiger charge is -2.49. The molecule has 1 amide bonds. The van der Waals surface area contributed by atoms with E-state index in [2.05, 4.69) is 19.9 Å². The van der Waals surface area contributed by atoms with Crippen LogP contribution in [0.25, 0.3) is 11.5 Å². The van der Waals surface area contributed by atoms with Crippen molar-refractivity contribution in [3.8, 4) is 17.4 Å². The molecule has 7 nitrogen and oxygen atoms in total. The van der Waals surface area contributed by atoms with Crippen LogP contribution < -0.4 is 4.74 Å². The van der Waals surface area contributed by atoms with Crippen LogP contribution in [0.5, 0.6) is 5.88 Å². The molecule has 6 rings (SSSR count). The summed E-state index contributed by atoms with van der Waals surface area (Å²) in [6.07, 6.45) is 9.45. The lowest BCUT2D eigenvalue weighted by atomic mass is 9.77. The fraction of sp³-hybridized carbons (Fsp3) is 0.348. The van der Waals surface area contributed by atoms with Crippen molar-refractivity contribution >= 4 is 17.5 Å². The van der Waals surface area contributed by atoms with E-state index in [1.165, 1.54) is 0 Å². The number of ether oxygens (including phenoxy) is 1. The minimum atomic E-state index is -0.0979. The largest absolute Gasteiger partial charge is 0.472 e. The van der Waals surface area contributed by atoms with Gasteiger partial charge in [-0.15, -0.1) is 0 Å². The number of amides is 1. The van der Waals surface area contributed by atoms with Crippen LogP contribution in [0.15, 0.2) is 49.1 Å². The van der Waals surface area contributed by atoms with E-state index < -0.39 is 0 Å². The van der Waals surface area contributed by atoms with Crippen molar-refractivity contribution in [2.45, 2.75) is 38.3 Å². The van der Waals surface area contributed by atoms with Crippen molar-refractivity contribution in [3.05, 3.63) is 65.2 Å². The molecule has 3 aromatic heterocycles. The van der Waals surface area contributed by atoms with Crippen LogP contribution in [0.3, 0.4) is 0 Å². The quantitative estimate of drug-likeness (QED) is 0.616. The molecule has 1 aliphatic carbocycles. The molecule has 2 aliphatic heterocycles. The highest BCUT2D eigenvalue weighted by molar-refractivity contribution is 6.30. The van der Waals surface area contributed by atoms with Crippen molar-refractivity contribution in [3.63, 3.8) is 0 Å². The van der Waals surface area contributed by atoms with Crippen molar-refractivity contribution in [1.82, 2.24) is 24.8 Å². The second-order valence-electron chi connectivity index (χ2n) is 8.16. The van der Waals surface area contributed by atoms with E-state index >= 15 is 0 Å². The first-order chi connectivity index (χ1) is 15.1. The lowest BCUT2D eigenvalue weighted by Crippen LogP contribution is -2.59. The van der Waals surface area contributed by atoms with Gasteiger partial charge < -0.3 is 9.64 Å². The average molecular weight is 436 g/mol. The number of halogens is 1. The Balaban J connectivity index is 1.44. The number of aryl methyl sites for hydroxylation is 1. The Labute approximate surface area is 185 Å². The number of hydrogen-bond acceptors (Lipinski definition) is 6. The molecular weight excluding hydrogens is 414 g/mol. The second-order valence-corrected chi connectivity index (χ2v) is 8.59. The molecule has 2 bridgehead atoms. The molecule has 3 fully saturated rings. The second kappa shape index (κ2) is 8.23. The molecule has 3 aromatic rings. The first kappa shape index (κ1) is 19.9. The smallest absolute Gasteiger partial charge is 0.256 e. The number of nitrogens with zero attached hydrogens (tertiary/aromatic N) is 5. The normalized spacial score (nSPS) is 22.4. The maximum absolute atomic E-state index is 13.7. The zero-order valence-corrected chi connectivity index (χ0v) is 17.9. The maximum atomic E-state index is 13.7. The van der Waals surface area contributed by atoms with Gasteiger partial charge in [0.05, 0.1) is 16.6 Å². The monoisotopic (exact) mass is 435 g/mol. The molecule has 0 unspecified atom stereocenters. The summed E-state index contributed by atoms with van der Waals surface area (Å²) < 4.78 is 6.20. The van der Waals surface area contributed by atoms with Crippen LogP contribution in [0.4, 0.5) is 0 Å². The SMILES string of the molecule is Cc1cnc(-c2ncccn2)c(C(=O)N2C[C@@H]3CC[C@H]2[C@H](Oc2ccc(Cl)cn2)C3)c1. The Kier molecular flexibility index (Phi) is 5.28. The first-order valence-corrected chi connectivity index (χ1v) is 10.8. The number of hydrogen-bond donors (Lipinski definition) is 0. The van der Waals surface area contributed by atoms with Gasteiger partial charge in [-0.05, 0) is 55.9 Å². The van der Waals surface area contributed by atoms with Gasteiger partial charge in [0.25, 0.3) is 5.91 Å². The van der Waals surface area contributed by atoms with Gasteiger partial charge in [0.2, 0.25) is 5.88 Å². The van der Waals surface area contributed by atoms with Gasteiger partial charge in [0, 0.05) is 37.4 Å². The third kappa shape index (κ3) is 3.97. The Bertz CT molecular complexity index is 1090. The molecule has 1 saturated carbocycles. The molecule has 0 aromatic carbocycles. The summed E-state index contributed by atoms with van der Waals surface area (Å²) in [4.78, 5) is 33.0. The Hall–Kier alpha value is -3.06. The predicted octanol–water partition coefficient (Wildman–Crippen LogP) is 3.97. The Morgan fingerprint density at radius 3 is 2.71 bits per heavy atom. The van der Waals surface area contributed by atoms with Crippen LogP contribution in [0.1, 0.15) is 35.2 Å². The lowest BCUT2D eigenvalue weighted by molar-refractivity contribution is -0.0313. The highest BCUT2D eigenvalue weighted by atomic mass is 35.5. The number of rotatable bonds is 4. The van der Waals surface area contributed by atoms with Crippen molar-refractivity contribution in [2.24, 2.45) is 5.92 Å². The molecule has 3 atom stereocenters. The molecule has 0 radical (unpaired) electrons. The summed E-state index contributed by atoms with van der Waals surface area (Å²) in [7, 11) is 0. The Morgan fingerprint density at radius 2 is 1.97 bits per heavy atom. The first-order valence-electron chi connectivity index (χ1n) is 10.4. The molecule has 0 N–H and O–H groups in total. The van der Waals surface area contributed by atoms with Crippen molar-refractivity contribution in [2.75, 3.05) is 6.54 Å². The van der Waals surface area contributed by atoms with Crippen LogP contribution in [-0.2, 0) is 0 Å². The van der Waals surface area contributed by atoms with E-state index in [4.69, 9.17) is 16.3 Å². The van der Waals surface area contributed by atoms with E-state index in [0.29, 0.717) is 33.9 Å². The fourth-order valence-electron chi connectivity index (χ4n) is 4.57. The predicted molar refractivity (Wildman–Crippen MR) is 116 cm³/mol. The van der Waals surface area contributed by atoms with Crippen LogP contribution in [0.2, 0.25) is 5.02 Å². The summed E-state index contributed by atoms with van der Waals surface area (Å²) >= 11 is 5.94. The van der Waals surface area contributed by atoms with Gasteiger partial charge in [-0.1, -0.05) is 11.6 Å². The summed E-state index contributed by atoms with van der Waals surface area (Å²) in [5.74, 6) is 1.34. The zero-order chi connectivity index (χ0) is 21.4. The molecule has 158 valence electrons. The highest BCUT2D eigenvalue weighted by Crippen LogP contribution is 2.38. The molecule has 3 aliphatic rings. The number of pyridine rings is 2.